The number of hydrogen-bond donors (Lipinski definition) is 0. The van der Waals surface area contributed by atoms with Crippen molar-refractivity contribution in [2.24, 2.45) is 11.8 Å². The molecule has 0 saturated carbocycles. The number of allylic oxidation sites excluding steroid dienone is 2. The van der Waals surface area contributed by atoms with Gasteiger partial charge in [0.1, 0.15) is 0 Å². The second kappa shape index (κ2) is 7.14. The van der Waals surface area contributed by atoms with Crippen molar-refractivity contribution in [1.29, 1.82) is 0 Å². The van der Waals surface area contributed by atoms with Crippen molar-refractivity contribution in [3.8, 4) is 0 Å². The van der Waals surface area contributed by atoms with E-state index in [0.717, 1.165) is 11.8 Å². The van der Waals surface area contributed by atoms with E-state index in [1.54, 1.807) is 0 Å². The predicted octanol–water partition coefficient (Wildman–Crippen LogP) is 3.18. The highest BCUT2D eigenvalue weighted by Gasteiger charge is 2.10. The molecule has 0 fully saturated rings. The molecule has 1 heteroatoms. The molecule has 0 aromatic rings. The van der Waals surface area contributed by atoms with Crippen molar-refractivity contribution in [3.05, 3.63) is 12.2 Å². The van der Waals surface area contributed by atoms with Crippen molar-refractivity contribution in [2.75, 3.05) is 20.6 Å². The highest BCUT2D eigenvalue weighted by Crippen LogP contribution is 2.18. The zero-order chi connectivity index (χ0) is 10.3. The molecular weight excluding hydrogens is 158 g/mol. The Morgan fingerprint density at radius 2 is 1.77 bits per heavy atom. The lowest BCUT2D eigenvalue weighted by Crippen LogP contribution is -2.18. The molecule has 1 nitrogen and oxygen atoms in total. The molecule has 13 heavy (non-hydrogen) atoms. The molecule has 0 aliphatic rings. The first-order valence-electron chi connectivity index (χ1n) is 5.33. The smallest absolute Gasteiger partial charge is 0.00222 e. The highest BCUT2D eigenvalue weighted by atomic mass is 15.0. The van der Waals surface area contributed by atoms with Crippen LogP contribution in [0.25, 0.3) is 0 Å². The molecule has 2 atom stereocenters. The molecular formula is C12H25N. The molecule has 0 rings (SSSR count). The first-order chi connectivity index (χ1) is 6.07. The van der Waals surface area contributed by atoms with Crippen LogP contribution in [0.4, 0.5) is 0 Å². The Kier molecular flexibility index (Phi) is 6.97. The van der Waals surface area contributed by atoms with Gasteiger partial charge in [-0.15, -0.1) is 0 Å². The molecule has 0 N–H and O–H groups in total. The SMILES string of the molecule is C/C=C\C[C@@H](C)C(C)CCN(C)C. The van der Waals surface area contributed by atoms with E-state index < -0.39 is 0 Å². The van der Waals surface area contributed by atoms with Crippen LogP contribution >= 0.6 is 0 Å². The quantitative estimate of drug-likeness (QED) is 0.572. The lowest BCUT2D eigenvalue weighted by molar-refractivity contribution is 0.305. The molecule has 1 unspecified atom stereocenters. The minimum atomic E-state index is 0.816. The normalized spacial score (nSPS) is 16.8. The van der Waals surface area contributed by atoms with Crippen molar-refractivity contribution in [2.45, 2.75) is 33.6 Å². The molecule has 0 spiro atoms. The summed E-state index contributed by atoms with van der Waals surface area (Å²) in [5.41, 5.74) is 0. The monoisotopic (exact) mass is 183 g/mol. The van der Waals surface area contributed by atoms with Crippen molar-refractivity contribution >= 4 is 0 Å². The van der Waals surface area contributed by atoms with Gasteiger partial charge in [0.2, 0.25) is 0 Å². The van der Waals surface area contributed by atoms with Gasteiger partial charge >= 0.3 is 0 Å². The van der Waals surface area contributed by atoms with Crippen LogP contribution < -0.4 is 0 Å². The van der Waals surface area contributed by atoms with Crippen LogP contribution in [0, 0.1) is 11.8 Å². The maximum absolute atomic E-state index is 2.36. The predicted molar refractivity (Wildman–Crippen MR) is 60.9 cm³/mol. The van der Waals surface area contributed by atoms with Crippen LogP contribution in [0.3, 0.4) is 0 Å². The largest absolute Gasteiger partial charge is 0.309 e. The molecule has 78 valence electrons. The maximum atomic E-state index is 2.36. The van der Waals surface area contributed by atoms with E-state index >= 15 is 0 Å². The lowest BCUT2D eigenvalue weighted by Gasteiger charge is -2.20. The van der Waals surface area contributed by atoms with Gasteiger partial charge in [-0.05, 0) is 52.2 Å². The van der Waals surface area contributed by atoms with Gasteiger partial charge in [0.15, 0.2) is 0 Å². The van der Waals surface area contributed by atoms with Crippen LogP contribution in [0.15, 0.2) is 12.2 Å². The molecule has 0 amide bonds. The molecule has 0 aromatic heterocycles. The summed E-state index contributed by atoms with van der Waals surface area (Å²) in [7, 11) is 4.28. The van der Waals surface area contributed by atoms with Gasteiger partial charge in [-0.25, -0.2) is 0 Å². The first-order valence-corrected chi connectivity index (χ1v) is 5.33. The van der Waals surface area contributed by atoms with Crippen LogP contribution in [-0.4, -0.2) is 25.5 Å². The Labute approximate surface area is 83.8 Å². The van der Waals surface area contributed by atoms with E-state index in [0.29, 0.717) is 0 Å². The Morgan fingerprint density at radius 1 is 1.15 bits per heavy atom. The summed E-state index contributed by atoms with van der Waals surface area (Å²) in [5, 5.41) is 0. The van der Waals surface area contributed by atoms with Crippen molar-refractivity contribution in [3.63, 3.8) is 0 Å². The fourth-order valence-corrected chi connectivity index (χ4v) is 1.33. The third-order valence-corrected chi connectivity index (χ3v) is 2.75. The molecule has 0 bridgehead atoms. The van der Waals surface area contributed by atoms with Crippen LogP contribution in [0.2, 0.25) is 0 Å². The van der Waals surface area contributed by atoms with E-state index in [4.69, 9.17) is 0 Å². The van der Waals surface area contributed by atoms with Gasteiger partial charge < -0.3 is 4.90 Å². The standard InChI is InChI=1S/C12H25N/c1-6-7-8-11(2)12(3)9-10-13(4)5/h6-7,11-12H,8-10H2,1-5H3/b7-6-/t11-,12?/m1/s1. The average molecular weight is 183 g/mol. The van der Waals surface area contributed by atoms with Gasteiger partial charge in [0.05, 0.1) is 0 Å². The fourth-order valence-electron chi connectivity index (χ4n) is 1.33. The molecule has 0 aliphatic carbocycles. The molecule has 0 saturated heterocycles. The second-order valence-corrected chi connectivity index (χ2v) is 4.35. The summed E-state index contributed by atoms with van der Waals surface area (Å²) < 4.78 is 0. The van der Waals surface area contributed by atoms with E-state index in [1.807, 2.05) is 0 Å². The Bertz CT molecular complexity index is 138. The minimum absolute atomic E-state index is 0.816. The number of rotatable bonds is 6. The lowest BCUT2D eigenvalue weighted by atomic mass is 9.90. The Hall–Kier alpha value is -0.300. The number of nitrogens with zero attached hydrogens (tertiary/aromatic N) is 1. The number of hydrogen-bond acceptors (Lipinski definition) is 1. The zero-order valence-corrected chi connectivity index (χ0v) is 9.88. The topological polar surface area (TPSA) is 3.24 Å². The van der Waals surface area contributed by atoms with Crippen LogP contribution in [0.5, 0.6) is 0 Å². The third kappa shape index (κ3) is 6.83. The minimum Gasteiger partial charge on any atom is -0.309 e. The van der Waals surface area contributed by atoms with Gasteiger partial charge in [-0.1, -0.05) is 26.0 Å². The van der Waals surface area contributed by atoms with Gasteiger partial charge in [-0.3, -0.25) is 0 Å². The molecule has 0 radical (unpaired) electrons. The molecule has 0 aliphatic heterocycles. The van der Waals surface area contributed by atoms with E-state index in [9.17, 15) is 0 Å². The van der Waals surface area contributed by atoms with E-state index in [2.05, 4.69) is 51.9 Å². The fraction of sp³-hybridized carbons (Fsp3) is 0.833. The summed E-state index contributed by atoms with van der Waals surface area (Å²) >= 11 is 0. The van der Waals surface area contributed by atoms with Gasteiger partial charge in [0, 0.05) is 0 Å². The Balaban J connectivity index is 3.62. The second-order valence-electron chi connectivity index (χ2n) is 4.35. The third-order valence-electron chi connectivity index (χ3n) is 2.75. The molecule has 0 heterocycles. The highest BCUT2D eigenvalue weighted by molar-refractivity contribution is 4.80. The van der Waals surface area contributed by atoms with Crippen LogP contribution in [-0.2, 0) is 0 Å². The first kappa shape index (κ1) is 12.7. The average Bonchev–Trinajstić information content (AvgIpc) is 2.10. The Morgan fingerprint density at radius 3 is 2.23 bits per heavy atom. The summed E-state index contributed by atoms with van der Waals surface area (Å²) in [6.45, 7) is 8.01. The van der Waals surface area contributed by atoms with Gasteiger partial charge in [0.25, 0.3) is 0 Å². The zero-order valence-electron chi connectivity index (χ0n) is 9.88. The summed E-state index contributed by atoms with van der Waals surface area (Å²) in [6.07, 6.45) is 6.96. The van der Waals surface area contributed by atoms with Crippen LogP contribution in [0.1, 0.15) is 33.6 Å². The van der Waals surface area contributed by atoms with Crippen molar-refractivity contribution < 1.29 is 0 Å². The summed E-state index contributed by atoms with van der Waals surface area (Å²) in [6, 6.07) is 0. The van der Waals surface area contributed by atoms with E-state index in [-0.39, 0.29) is 0 Å². The molecule has 0 aromatic carbocycles. The van der Waals surface area contributed by atoms with E-state index in [1.165, 1.54) is 19.4 Å². The van der Waals surface area contributed by atoms with Crippen molar-refractivity contribution in [1.82, 2.24) is 4.90 Å². The maximum Gasteiger partial charge on any atom is -0.00222 e. The van der Waals surface area contributed by atoms with Gasteiger partial charge in [-0.2, -0.15) is 0 Å². The summed E-state index contributed by atoms with van der Waals surface area (Å²) in [4.78, 5) is 2.26. The summed E-state index contributed by atoms with van der Waals surface area (Å²) in [5.74, 6) is 1.65.